The zero-order valence-corrected chi connectivity index (χ0v) is 13.4. The van der Waals surface area contributed by atoms with E-state index < -0.39 is 0 Å². The van der Waals surface area contributed by atoms with E-state index in [9.17, 15) is 0 Å². The van der Waals surface area contributed by atoms with Crippen LogP contribution in [0, 0.1) is 5.92 Å². The normalized spacial score (nSPS) is 18.4. The van der Waals surface area contributed by atoms with E-state index in [0.717, 1.165) is 49.6 Å². The molecule has 2 rings (SSSR count). The molecule has 2 N–H and O–H groups in total. The SMILES string of the molecule is COCCNCc1c(Cl)cccc1N1CCC(CCO)C1. The number of hydrogen-bond donors (Lipinski definition) is 2. The van der Waals surface area contributed by atoms with Crippen molar-refractivity contribution in [2.75, 3.05) is 44.9 Å². The van der Waals surface area contributed by atoms with E-state index in [1.807, 2.05) is 12.1 Å². The molecular formula is C16H25ClN2O2. The topological polar surface area (TPSA) is 44.7 Å². The summed E-state index contributed by atoms with van der Waals surface area (Å²) in [7, 11) is 1.70. The highest BCUT2D eigenvalue weighted by molar-refractivity contribution is 6.31. The summed E-state index contributed by atoms with van der Waals surface area (Å²) in [5, 5.41) is 13.3. The van der Waals surface area contributed by atoms with Crippen LogP contribution >= 0.6 is 11.6 Å². The Bertz CT molecular complexity index is 442. The number of ether oxygens (including phenoxy) is 1. The van der Waals surface area contributed by atoms with Gasteiger partial charge in [-0.3, -0.25) is 0 Å². The van der Waals surface area contributed by atoms with Gasteiger partial charge in [-0.15, -0.1) is 0 Å². The maximum absolute atomic E-state index is 9.09. The van der Waals surface area contributed by atoms with Gasteiger partial charge in [-0.05, 0) is 30.9 Å². The minimum absolute atomic E-state index is 0.277. The number of anilines is 1. The van der Waals surface area contributed by atoms with Gasteiger partial charge in [-0.2, -0.15) is 0 Å². The van der Waals surface area contributed by atoms with Crippen LogP contribution in [0.4, 0.5) is 5.69 Å². The lowest BCUT2D eigenvalue weighted by molar-refractivity contribution is 0.199. The fourth-order valence-corrected chi connectivity index (χ4v) is 3.11. The van der Waals surface area contributed by atoms with Crippen LogP contribution in [0.3, 0.4) is 0 Å². The Morgan fingerprint density at radius 1 is 1.48 bits per heavy atom. The molecule has 0 amide bonds. The van der Waals surface area contributed by atoms with Gasteiger partial charge in [-0.1, -0.05) is 17.7 Å². The van der Waals surface area contributed by atoms with Crippen LogP contribution < -0.4 is 10.2 Å². The van der Waals surface area contributed by atoms with E-state index in [4.69, 9.17) is 21.4 Å². The highest BCUT2D eigenvalue weighted by atomic mass is 35.5. The summed E-state index contributed by atoms with van der Waals surface area (Å²) in [5.74, 6) is 0.586. The standard InChI is InChI=1S/C16H25ClN2O2/c1-21-10-7-18-11-14-15(17)3-2-4-16(14)19-8-5-13(12-19)6-9-20/h2-4,13,18,20H,5-12H2,1H3. The Labute approximate surface area is 132 Å². The van der Waals surface area contributed by atoms with Crippen molar-refractivity contribution in [2.45, 2.75) is 19.4 Å². The minimum Gasteiger partial charge on any atom is -0.396 e. The Morgan fingerprint density at radius 2 is 2.33 bits per heavy atom. The van der Waals surface area contributed by atoms with Crippen LogP contribution in [0.5, 0.6) is 0 Å². The van der Waals surface area contributed by atoms with Crippen LogP contribution in [0.15, 0.2) is 18.2 Å². The number of halogens is 1. The van der Waals surface area contributed by atoms with Gasteiger partial charge < -0.3 is 20.1 Å². The van der Waals surface area contributed by atoms with Crippen molar-refractivity contribution in [1.82, 2.24) is 5.32 Å². The average Bonchev–Trinajstić information content (AvgIpc) is 2.94. The third kappa shape index (κ3) is 4.58. The van der Waals surface area contributed by atoms with Crippen LogP contribution in [0.1, 0.15) is 18.4 Å². The van der Waals surface area contributed by atoms with E-state index in [-0.39, 0.29) is 6.61 Å². The first kappa shape index (κ1) is 16.6. The first-order valence-electron chi connectivity index (χ1n) is 7.59. The fraction of sp³-hybridized carbons (Fsp3) is 0.625. The second-order valence-corrected chi connectivity index (χ2v) is 5.93. The van der Waals surface area contributed by atoms with Gasteiger partial charge in [0, 0.05) is 56.2 Å². The predicted octanol–water partition coefficient (Wildman–Crippen LogP) is 2.28. The van der Waals surface area contributed by atoms with Crippen molar-refractivity contribution in [3.8, 4) is 0 Å². The zero-order chi connectivity index (χ0) is 15.1. The highest BCUT2D eigenvalue weighted by Gasteiger charge is 2.24. The van der Waals surface area contributed by atoms with Gasteiger partial charge in [0.2, 0.25) is 0 Å². The molecule has 21 heavy (non-hydrogen) atoms. The smallest absolute Gasteiger partial charge is 0.0587 e. The van der Waals surface area contributed by atoms with Gasteiger partial charge in [0.15, 0.2) is 0 Å². The third-order valence-corrected chi connectivity index (χ3v) is 4.40. The first-order chi connectivity index (χ1) is 10.3. The molecule has 5 heteroatoms. The quantitative estimate of drug-likeness (QED) is 0.723. The van der Waals surface area contributed by atoms with Gasteiger partial charge in [0.1, 0.15) is 0 Å². The molecule has 4 nitrogen and oxygen atoms in total. The summed E-state index contributed by atoms with van der Waals surface area (Å²) < 4.78 is 5.05. The number of methoxy groups -OCH3 is 1. The predicted molar refractivity (Wildman–Crippen MR) is 87.1 cm³/mol. The Morgan fingerprint density at radius 3 is 3.10 bits per heavy atom. The van der Waals surface area contributed by atoms with Crippen molar-refractivity contribution in [3.63, 3.8) is 0 Å². The number of hydrogen-bond acceptors (Lipinski definition) is 4. The van der Waals surface area contributed by atoms with Crippen molar-refractivity contribution < 1.29 is 9.84 Å². The Kier molecular flexibility index (Phi) is 6.77. The largest absolute Gasteiger partial charge is 0.396 e. The molecule has 118 valence electrons. The zero-order valence-electron chi connectivity index (χ0n) is 12.6. The minimum atomic E-state index is 0.277. The van der Waals surface area contributed by atoms with E-state index >= 15 is 0 Å². The van der Waals surface area contributed by atoms with Gasteiger partial charge in [0.05, 0.1) is 6.61 Å². The maximum Gasteiger partial charge on any atom is 0.0587 e. The summed E-state index contributed by atoms with van der Waals surface area (Å²) in [6.45, 7) is 4.58. The number of nitrogens with zero attached hydrogens (tertiary/aromatic N) is 1. The molecule has 1 fully saturated rings. The summed E-state index contributed by atoms with van der Waals surface area (Å²) in [6.07, 6.45) is 2.03. The molecule has 0 radical (unpaired) electrons. The lowest BCUT2D eigenvalue weighted by atomic mass is 10.1. The van der Waals surface area contributed by atoms with Gasteiger partial charge in [0.25, 0.3) is 0 Å². The second-order valence-electron chi connectivity index (χ2n) is 5.52. The summed E-state index contributed by atoms with van der Waals surface area (Å²) in [4.78, 5) is 2.39. The third-order valence-electron chi connectivity index (χ3n) is 4.04. The summed E-state index contributed by atoms with van der Waals surface area (Å²) in [6, 6.07) is 6.09. The second kappa shape index (κ2) is 8.59. The Balaban J connectivity index is 2.03. The first-order valence-corrected chi connectivity index (χ1v) is 7.97. The van der Waals surface area contributed by atoms with Crippen molar-refractivity contribution >= 4 is 17.3 Å². The molecule has 0 bridgehead atoms. The van der Waals surface area contributed by atoms with E-state index in [1.54, 1.807) is 7.11 Å². The van der Waals surface area contributed by atoms with Crippen molar-refractivity contribution in [1.29, 1.82) is 0 Å². The van der Waals surface area contributed by atoms with Crippen LogP contribution in [-0.2, 0) is 11.3 Å². The Hall–Kier alpha value is -0.810. The number of benzene rings is 1. The molecule has 0 aliphatic carbocycles. The lowest BCUT2D eigenvalue weighted by Gasteiger charge is -2.23. The molecule has 0 spiro atoms. The number of aliphatic hydroxyl groups is 1. The molecule has 1 aromatic carbocycles. The molecular weight excluding hydrogens is 288 g/mol. The highest BCUT2D eigenvalue weighted by Crippen LogP contribution is 2.32. The van der Waals surface area contributed by atoms with Crippen LogP contribution in [0.2, 0.25) is 5.02 Å². The number of aliphatic hydroxyl groups excluding tert-OH is 1. The molecule has 1 atom stereocenters. The van der Waals surface area contributed by atoms with E-state index in [2.05, 4.69) is 16.3 Å². The number of rotatable bonds is 8. The number of nitrogens with one attached hydrogen (secondary N) is 1. The van der Waals surface area contributed by atoms with Crippen molar-refractivity contribution in [2.24, 2.45) is 5.92 Å². The van der Waals surface area contributed by atoms with Crippen molar-refractivity contribution in [3.05, 3.63) is 28.8 Å². The fourth-order valence-electron chi connectivity index (χ4n) is 2.88. The summed E-state index contributed by atoms with van der Waals surface area (Å²) >= 11 is 6.38. The van der Waals surface area contributed by atoms with Gasteiger partial charge in [-0.25, -0.2) is 0 Å². The molecule has 1 saturated heterocycles. The average molecular weight is 313 g/mol. The van der Waals surface area contributed by atoms with E-state index in [1.165, 1.54) is 5.69 Å². The lowest BCUT2D eigenvalue weighted by Crippen LogP contribution is -2.24. The van der Waals surface area contributed by atoms with Gasteiger partial charge >= 0.3 is 0 Å². The molecule has 0 saturated carbocycles. The van der Waals surface area contributed by atoms with Crippen LogP contribution in [-0.4, -0.2) is 45.1 Å². The summed E-state index contributed by atoms with van der Waals surface area (Å²) in [5.41, 5.74) is 2.37. The van der Waals surface area contributed by atoms with E-state index in [0.29, 0.717) is 12.5 Å². The molecule has 1 aromatic rings. The molecule has 1 aliphatic rings. The molecule has 0 aromatic heterocycles. The monoisotopic (exact) mass is 312 g/mol. The molecule has 1 aliphatic heterocycles. The molecule has 1 unspecified atom stereocenters. The maximum atomic E-state index is 9.09. The molecule has 1 heterocycles. The van der Waals surface area contributed by atoms with Crippen LogP contribution in [0.25, 0.3) is 0 Å².